The second-order valence-corrected chi connectivity index (χ2v) is 9.81. The summed E-state index contributed by atoms with van der Waals surface area (Å²) in [5.41, 5.74) is 4.54. The highest BCUT2D eigenvalue weighted by molar-refractivity contribution is 7.98. The van der Waals surface area contributed by atoms with Gasteiger partial charge in [-0.25, -0.2) is 0 Å². The number of carbonyl (C=O) groups is 1. The molecule has 0 atom stereocenters. The molecule has 3 aromatic rings. The van der Waals surface area contributed by atoms with Crippen molar-refractivity contribution in [3.05, 3.63) is 70.0 Å². The molecular weight excluding hydrogens is 440 g/mol. The molecule has 4 rings (SSSR count). The quantitative estimate of drug-likeness (QED) is 0.430. The highest BCUT2D eigenvalue weighted by Gasteiger charge is 2.22. The number of aromatic nitrogens is 3. The molecule has 0 radical (unpaired) electrons. The van der Waals surface area contributed by atoms with Crippen LogP contribution in [0.1, 0.15) is 54.6 Å². The van der Waals surface area contributed by atoms with Crippen LogP contribution < -0.4 is 5.32 Å². The van der Waals surface area contributed by atoms with Crippen molar-refractivity contribution in [1.29, 1.82) is 0 Å². The lowest BCUT2D eigenvalue weighted by atomic mass is 9.89. The van der Waals surface area contributed by atoms with Gasteiger partial charge in [-0.3, -0.25) is 9.36 Å². The van der Waals surface area contributed by atoms with Crippen LogP contribution in [0.25, 0.3) is 5.69 Å². The number of amides is 1. The van der Waals surface area contributed by atoms with E-state index in [4.69, 9.17) is 11.6 Å². The summed E-state index contributed by atoms with van der Waals surface area (Å²) in [7, 11) is 0. The van der Waals surface area contributed by atoms with E-state index in [1.54, 1.807) is 11.8 Å². The third-order valence-corrected chi connectivity index (χ3v) is 7.34. The van der Waals surface area contributed by atoms with Crippen molar-refractivity contribution in [2.24, 2.45) is 5.92 Å². The van der Waals surface area contributed by atoms with Gasteiger partial charge < -0.3 is 5.32 Å². The summed E-state index contributed by atoms with van der Waals surface area (Å²) < 4.78 is 2.03. The third kappa shape index (κ3) is 5.36. The molecule has 1 aromatic heterocycles. The van der Waals surface area contributed by atoms with Gasteiger partial charge in [0.1, 0.15) is 0 Å². The smallest absolute Gasteiger partial charge is 0.223 e. The summed E-state index contributed by atoms with van der Waals surface area (Å²) in [5.74, 6) is 1.74. The van der Waals surface area contributed by atoms with Crippen molar-refractivity contribution >= 4 is 29.3 Å². The molecule has 32 heavy (non-hydrogen) atoms. The zero-order chi connectivity index (χ0) is 22.5. The zero-order valence-corrected chi connectivity index (χ0v) is 20.2. The van der Waals surface area contributed by atoms with E-state index in [9.17, 15) is 4.79 Å². The van der Waals surface area contributed by atoms with Gasteiger partial charge in [-0.1, -0.05) is 73.0 Å². The summed E-state index contributed by atoms with van der Waals surface area (Å²) in [4.78, 5) is 12.7. The highest BCUT2D eigenvalue weighted by Crippen LogP contribution is 2.29. The average molecular weight is 469 g/mol. The molecule has 1 N–H and O–H groups in total. The number of benzene rings is 2. The lowest BCUT2D eigenvalue weighted by molar-refractivity contribution is -0.126. The van der Waals surface area contributed by atoms with Crippen LogP contribution in [-0.4, -0.2) is 20.7 Å². The van der Waals surface area contributed by atoms with Crippen molar-refractivity contribution < 1.29 is 4.79 Å². The van der Waals surface area contributed by atoms with E-state index >= 15 is 0 Å². The molecule has 5 nitrogen and oxygen atoms in total. The molecule has 0 aliphatic heterocycles. The highest BCUT2D eigenvalue weighted by atomic mass is 35.5. The Hall–Kier alpha value is -2.31. The van der Waals surface area contributed by atoms with E-state index in [1.807, 2.05) is 29.7 Å². The minimum atomic E-state index is 0.114. The lowest BCUT2D eigenvalue weighted by Crippen LogP contribution is -2.32. The van der Waals surface area contributed by atoms with Gasteiger partial charge in [0, 0.05) is 16.7 Å². The second-order valence-electron chi connectivity index (χ2n) is 8.43. The van der Waals surface area contributed by atoms with Crippen LogP contribution in [-0.2, 0) is 17.1 Å². The van der Waals surface area contributed by atoms with Gasteiger partial charge in [0.2, 0.25) is 5.91 Å². The van der Waals surface area contributed by atoms with Crippen LogP contribution in [0.5, 0.6) is 0 Å². The molecule has 0 spiro atoms. The molecule has 1 heterocycles. The molecule has 1 aliphatic rings. The Morgan fingerprint density at radius 2 is 1.88 bits per heavy atom. The van der Waals surface area contributed by atoms with E-state index < -0.39 is 0 Å². The number of rotatable bonds is 7. The van der Waals surface area contributed by atoms with Crippen LogP contribution >= 0.6 is 23.4 Å². The molecule has 1 fully saturated rings. The normalized spacial score (nSPS) is 14.5. The standard InChI is InChI=1S/C25H29ClN4OS/c1-17-8-6-7-11-20(17)16-32-25-29-28-23(15-27-24(31)19-9-4-3-5-10-19)30(25)22-14-21(26)13-12-18(22)2/h6-8,11-14,19H,3-5,9-10,15-16H2,1-2H3,(H,27,31). The number of halogens is 1. The molecule has 2 aromatic carbocycles. The summed E-state index contributed by atoms with van der Waals surface area (Å²) in [5, 5.41) is 13.5. The Labute approximate surface area is 199 Å². The first kappa shape index (κ1) is 22.9. The Balaban J connectivity index is 1.59. The predicted molar refractivity (Wildman–Crippen MR) is 130 cm³/mol. The lowest BCUT2D eigenvalue weighted by Gasteiger charge is -2.21. The van der Waals surface area contributed by atoms with E-state index in [-0.39, 0.29) is 11.8 Å². The summed E-state index contributed by atoms with van der Waals surface area (Å²) in [6.07, 6.45) is 5.45. The predicted octanol–water partition coefficient (Wildman–Crippen LogP) is 6.03. The number of hydrogen-bond donors (Lipinski definition) is 1. The van der Waals surface area contributed by atoms with E-state index in [0.29, 0.717) is 17.4 Å². The molecule has 0 unspecified atom stereocenters. The minimum absolute atomic E-state index is 0.114. The van der Waals surface area contributed by atoms with Crippen molar-refractivity contribution in [2.75, 3.05) is 0 Å². The minimum Gasteiger partial charge on any atom is -0.349 e. The fraction of sp³-hybridized carbons (Fsp3) is 0.400. The van der Waals surface area contributed by atoms with Crippen LogP contribution in [0, 0.1) is 19.8 Å². The average Bonchev–Trinajstić information content (AvgIpc) is 3.21. The van der Waals surface area contributed by atoms with Gasteiger partial charge in [0.25, 0.3) is 0 Å². The van der Waals surface area contributed by atoms with Crippen molar-refractivity contribution in [3.63, 3.8) is 0 Å². The number of thioether (sulfide) groups is 1. The molecule has 7 heteroatoms. The second kappa shape index (κ2) is 10.5. The van der Waals surface area contributed by atoms with Gasteiger partial charge >= 0.3 is 0 Å². The van der Waals surface area contributed by atoms with Gasteiger partial charge in [0.15, 0.2) is 11.0 Å². The topological polar surface area (TPSA) is 59.8 Å². The molecule has 1 aliphatic carbocycles. The molecule has 168 valence electrons. The first-order valence-corrected chi connectivity index (χ1v) is 12.5. The first-order chi connectivity index (χ1) is 15.5. The number of carbonyl (C=O) groups excluding carboxylic acids is 1. The Morgan fingerprint density at radius 1 is 1.09 bits per heavy atom. The van der Waals surface area contributed by atoms with Crippen LogP contribution in [0.4, 0.5) is 0 Å². The van der Waals surface area contributed by atoms with Gasteiger partial charge in [-0.05, 0) is 55.5 Å². The maximum Gasteiger partial charge on any atom is 0.223 e. The summed E-state index contributed by atoms with van der Waals surface area (Å²) in [6, 6.07) is 14.2. The first-order valence-electron chi connectivity index (χ1n) is 11.2. The molecular formula is C25H29ClN4OS. The van der Waals surface area contributed by atoms with Gasteiger partial charge in [-0.2, -0.15) is 0 Å². The fourth-order valence-electron chi connectivity index (χ4n) is 4.16. The van der Waals surface area contributed by atoms with Crippen molar-refractivity contribution in [2.45, 2.75) is 63.4 Å². The maximum atomic E-state index is 12.7. The SMILES string of the molecule is Cc1ccccc1CSc1nnc(CNC(=O)C2CCCCC2)n1-c1cc(Cl)ccc1C. The Kier molecular flexibility index (Phi) is 7.53. The monoisotopic (exact) mass is 468 g/mol. The fourth-order valence-corrected chi connectivity index (χ4v) is 5.37. The van der Waals surface area contributed by atoms with E-state index in [1.165, 1.54) is 17.5 Å². The van der Waals surface area contributed by atoms with E-state index in [0.717, 1.165) is 47.8 Å². The van der Waals surface area contributed by atoms with E-state index in [2.05, 4.69) is 46.7 Å². The molecule has 0 bridgehead atoms. The Bertz CT molecular complexity index is 1090. The largest absolute Gasteiger partial charge is 0.349 e. The number of hydrogen-bond acceptors (Lipinski definition) is 4. The molecule has 1 amide bonds. The Morgan fingerprint density at radius 3 is 2.66 bits per heavy atom. The van der Waals surface area contributed by atoms with Gasteiger partial charge in [-0.15, -0.1) is 10.2 Å². The number of aryl methyl sites for hydroxylation is 2. The number of nitrogens with zero attached hydrogens (tertiary/aromatic N) is 3. The summed E-state index contributed by atoms with van der Waals surface area (Å²) in [6.45, 7) is 4.51. The van der Waals surface area contributed by atoms with Crippen LogP contribution in [0.3, 0.4) is 0 Å². The van der Waals surface area contributed by atoms with Crippen LogP contribution in [0.15, 0.2) is 47.6 Å². The summed E-state index contributed by atoms with van der Waals surface area (Å²) >= 11 is 7.97. The molecule has 0 saturated heterocycles. The van der Waals surface area contributed by atoms with Crippen LogP contribution in [0.2, 0.25) is 5.02 Å². The zero-order valence-electron chi connectivity index (χ0n) is 18.6. The van der Waals surface area contributed by atoms with Crippen molar-refractivity contribution in [1.82, 2.24) is 20.1 Å². The third-order valence-electron chi connectivity index (χ3n) is 6.13. The number of nitrogens with one attached hydrogen (secondary N) is 1. The van der Waals surface area contributed by atoms with Crippen molar-refractivity contribution in [3.8, 4) is 5.69 Å². The maximum absolute atomic E-state index is 12.7. The van der Waals surface area contributed by atoms with Gasteiger partial charge in [0.05, 0.1) is 12.2 Å². The molecule has 1 saturated carbocycles.